The second kappa shape index (κ2) is 7.74. The van der Waals surface area contributed by atoms with Crippen molar-refractivity contribution in [3.63, 3.8) is 0 Å². The Kier molecular flexibility index (Phi) is 5.45. The number of nitrogens with one attached hydrogen (secondary N) is 1. The van der Waals surface area contributed by atoms with Gasteiger partial charge in [-0.3, -0.25) is 0 Å². The number of hydrogen-bond acceptors (Lipinski definition) is 7. The first-order valence-electron chi connectivity index (χ1n) is 7.35. The fraction of sp³-hybridized carbons (Fsp3) is 0.312. The molecule has 120 valence electrons. The zero-order valence-corrected chi connectivity index (χ0v) is 14.8. The summed E-state index contributed by atoms with van der Waals surface area (Å²) in [4.78, 5) is 15.3. The van der Waals surface area contributed by atoms with Crippen LogP contribution in [0.5, 0.6) is 0 Å². The van der Waals surface area contributed by atoms with Gasteiger partial charge in [0.1, 0.15) is 0 Å². The molecule has 1 unspecified atom stereocenters. The molecule has 3 aromatic rings. The number of thiophene rings is 1. The average molecular weight is 345 g/mol. The lowest BCUT2D eigenvalue weighted by Gasteiger charge is -2.23. The van der Waals surface area contributed by atoms with Crippen LogP contribution >= 0.6 is 22.7 Å². The first-order valence-corrected chi connectivity index (χ1v) is 9.17. The lowest BCUT2D eigenvalue weighted by Crippen LogP contribution is -2.30. The number of likely N-dealkylation sites (N-methyl/N-ethyl adjacent to an activating group) is 1. The molecule has 0 saturated carbocycles. The van der Waals surface area contributed by atoms with E-state index in [1.807, 2.05) is 6.07 Å². The Morgan fingerprint density at radius 2 is 2.04 bits per heavy atom. The summed E-state index contributed by atoms with van der Waals surface area (Å²) < 4.78 is 0. The average Bonchev–Trinajstić information content (AvgIpc) is 3.24. The van der Waals surface area contributed by atoms with E-state index in [1.54, 1.807) is 35.1 Å². The van der Waals surface area contributed by atoms with Gasteiger partial charge in [-0.15, -0.1) is 11.3 Å². The molecule has 3 aromatic heterocycles. The predicted molar refractivity (Wildman–Crippen MR) is 95.6 cm³/mol. The van der Waals surface area contributed by atoms with Crippen LogP contribution in [0.2, 0.25) is 0 Å². The second-order valence-electron chi connectivity index (χ2n) is 5.38. The summed E-state index contributed by atoms with van der Waals surface area (Å²) >= 11 is 3.32. The zero-order chi connectivity index (χ0) is 16.1. The molecule has 0 aliphatic heterocycles. The highest BCUT2D eigenvalue weighted by molar-refractivity contribution is 7.13. The van der Waals surface area contributed by atoms with E-state index >= 15 is 0 Å². The van der Waals surface area contributed by atoms with Gasteiger partial charge in [-0.1, -0.05) is 0 Å². The van der Waals surface area contributed by atoms with Crippen LogP contribution < -0.4 is 5.32 Å². The largest absolute Gasteiger partial charge is 0.309 e. The highest BCUT2D eigenvalue weighted by Crippen LogP contribution is 2.21. The highest BCUT2D eigenvalue weighted by atomic mass is 32.1. The summed E-state index contributed by atoms with van der Waals surface area (Å²) in [6, 6.07) is 4.37. The molecule has 0 spiro atoms. The summed E-state index contributed by atoms with van der Waals surface area (Å²) in [6.07, 6.45) is 3.48. The van der Waals surface area contributed by atoms with Gasteiger partial charge in [0.25, 0.3) is 0 Å². The molecular weight excluding hydrogens is 326 g/mol. The van der Waals surface area contributed by atoms with Crippen molar-refractivity contribution >= 4 is 22.7 Å². The van der Waals surface area contributed by atoms with Gasteiger partial charge in [0.2, 0.25) is 0 Å². The van der Waals surface area contributed by atoms with Gasteiger partial charge in [-0.2, -0.15) is 11.3 Å². The van der Waals surface area contributed by atoms with Crippen LogP contribution in [0.3, 0.4) is 0 Å². The Morgan fingerprint density at radius 3 is 2.74 bits per heavy atom. The Balaban J connectivity index is 1.57. The van der Waals surface area contributed by atoms with Crippen molar-refractivity contribution in [1.29, 1.82) is 0 Å². The molecule has 3 heterocycles. The maximum Gasteiger partial charge on any atom is 0.188 e. The van der Waals surface area contributed by atoms with Crippen LogP contribution in [0.25, 0.3) is 10.8 Å². The molecule has 0 bridgehead atoms. The normalized spacial score (nSPS) is 12.7. The molecule has 3 rings (SSSR count). The van der Waals surface area contributed by atoms with Crippen LogP contribution in [0, 0.1) is 0 Å². The number of aromatic nitrogens is 3. The van der Waals surface area contributed by atoms with E-state index in [-0.39, 0.29) is 0 Å². The molecule has 0 fully saturated rings. The van der Waals surface area contributed by atoms with Crippen LogP contribution in [0.4, 0.5) is 0 Å². The molecule has 1 atom stereocenters. The number of hydrogen-bond donors (Lipinski definition) is 1. The number of nitrogens with zero attached hydrogens (tertiary/aromatic N) is 4. The third kappa shape index (κ3) is 4.20. The van der Waals surface area contributed by atoms with E-state index in [0.717, 1.165) is 23.8 Å². The SMILES string of the molecule is CN(C)C(CNCc1csc(-c2ncccn2)n1)c1ccsc1. The lowest BCUT2D eigenvalue weighted by atomic mass is 10.1. The van der Waals surface area contributed by atoms with Gasteiger partial charge in [0, 0.05) is 36.9 Å². The molecule has 23 heavy (non-hydrogen) atoms. The van der Waals surface area contributed by atoms with E-state index in [1.165, 1.54) is 5.56 Å². The van der Waals surface area contributed by atoms with Crippen molar-refractivity contribution in [2.45, 2.75) is 12.6 Å². The third-order valence-electron chi connectivity index (χ3n) is 3.50. The minimum atomic E-state index is 0.372. The first-order chi connectivity index (χ1) is 11.2. The molecule has 0 amide bonds. The van der Waals surface area contributed by atoms with Gasteiger partial charge >= 0.3 is 0 Å². The van der Waals surface area contributed by atoms with Gasteiger partial charge in [0.05, 0.1) is 5.69 Å². The van der Waals surface area contributed by atoms with Crippen LogP contribution in [-0.4, -0.2) is 40.5 Å². The molecule has 0 aromatic carbocycles. The van der Waals surface area contributed by atoms with Gasteiger partial charge in [-0.05, 0) is 42.6 Å². The molecule has 0 saturated heterocycles. The van der Waals surface area contributed by atoms with Crippen molar-refractivity contribution < 1.29 is 0 Å². The Hall–Kier alpha value is -1.67. The molecular formula is C16H19N5S2. The van der Waals surface area contributed by atoms with Crippen molar-refractivity contribution in [3.8, 4) is 10.8 Å². The smallest absolute Gasteiger partial charge is 0.188 e. The van der Waals surface area contributed by atoms with Crippen LogP contribution in [0.1, 0.15) is 17.3 Å². The van der Waals surface area contributed by atoms with Gasteiger partial charge in [0.15, 0.2) is 10.8 Å². The van der Waals surface area contributed by atoms with Crippen molar-refractivity contribution in [2.24, 2.45) is 0 Å². The summed E-state index contributed by atoms with van der Waals surface area (Å²) in [6.45, 7) is 1.64. The Bertz CT molecular complexity index is 709. The fourth-order valence-corrected chi connectivity index (χ4v) is 3.77. The zero-order valence-electron chi connectivity index (χ0n) is 13.1. The standard InChI is InChI=1S/C16H19N5S2/c1-21(2)14(12-4-7-22-10-12)9-17-8-13-11-23-16(20-13)15-18-5-3-6-19-15/h3-7,10-11,14,17H,8-9H2,1-2H3. The summed E-state index contributed by atoms with van der Waals surface area (Å²) in [7, 11) is 4.22. The van der Waals surface area contributed by atoms with Crippen molar-refractivity contribution in [3.05, 3.63) is 51.9 Å². The highest BCUT2D eigenvalue weighted by Gasteiger charge is 2.14. The van der Waals surface area contributed by atoms with Crippen molar-refractivity contribution in [1.82, 2.24) is 25.2 Å². The molecule has 1 N–H and O–H groups in total. The van der Waals surface area contributed by atoms with Gasteiger partial charge < -0.3 is 10.2 Å². The Labute approximate surface area is 144 Å². The predicted octanol–water partition coefficient (Wildman–Crippen LogP) is 3.05. The number of rotatable bonds is 7. The monoisotopic (exact) mass is 345 g/mol. The third-order valence-corrected chi connectivity index (χ3v) is 5.09. The van der Waals surface area contributed by atoms with E-state index in [2.05, 4.69) is 61.5 Å². The minimum absolute atomic E-state index is 0.372. The minimum Gasteiger partial charge on any atom is -0.309 e. The van der Waals surface area contributed by atoms with E-state index < -0.39 is 0 Å². The van der Waals surface area contributed by atoms with E-state index in [4.69, 9.17) is 0 Å². The van der Waals surface area contributed by atoms with Crippen LogP contribution in [0.15, 0.2) is 40.7 Å². The fourth-order valence-electron chi connectivity index (χ4n) is 2.30. The molecule has 0 aliphatic carbocycles. The van der Waals surface area contributed by atoms with Crippen molar-refractivity contribution in [2.75, 3.05) is 20.6 Å². The summed E-state index contributed by atoms with van der Waals surface area (Å²) in [5.41, 5.74) is 2.38. The molecule has 7 heteroatoms. The number of thiazole rings is 1. The summed E-state index contributed by atoms with van der Waals surface area (Å²) in [5, 5.41) is 10.8. The lowest BCUT2D eigenvalue weighted by molar-refractivity contribution is 0.288. The maximum atomic E-state index is 4.60. The van der Waals surface area contributed by atoms with Crippen LogP contribution in [-0.2, 0) is 6.54 Å². The molecule has 0 aliphatic rings. The van der Waals surface area contributed by atoms with E-state index in [0.29, 0.717) is 11.9 Å². The topological polar surface area (TPSA) is 53.9 Å². The maximum absolute atomic E-state index is 4.60. The van der Waals surface area contributed by atoms with E-state index in [9.17, 15) is 0 Å². The second-order valence-corrected chi connectivity index (χ2v) is 7.02. The molecule has 0 radical (unpaired) electrons. The molecule has 5 nitrogen and oxygen atoms in total. The quantitative estimate of drug-likeness (QED) is 0.713. The Morgan fingerprint density at radius 1 is 1.22 bits per heavy atom. The van der Waals surface area contributed by atoms with Gasteiger partial charge in [-0.25, -0.2) is 15.0 Å². The first kappa shape index (κ1) is 16.2. The summed E-state index contributed by atoms with van der Waals surface area (Å²) in [5.74, 6) is 0.688.